The molecular weight excluding hydrogens is 152 g/mol. The van der Waals surface area contributed by atoms with Crippen LogP contribution < -0.4 is 10.6 Å². The second-order valence-corrected chi connectivity index (χ2v) is 2.10. The molecule has 3 nitrogen and oxygen atoms in total. The number of nitrogens with one attached hydrogen (secondary N) is 2. The number of halogens is 1. The van der Waals surface area contributed by atoms with Crippen molar-refractivity contribution in [2.75, 3.05) is 19.0 Å². The molecule has 0 spiro atoms. The molecule has 0 atom stereocenters. The highest BCUT2D eigenvalue weighted by molar-refractivity contribution is 6.17. The van der Waals surface area contributed by atoms with Crippen molar-refractivity contribution in [1.29, 1.82) is 0 Å². The topological polar surface area (TPSA) is 41.1 Å². The summed E-state index contributed by atoms with van der Waals surface area (Å²) >= 11 is 5.38. The standard InChI is InChI=1S/C6H12ClN2O/c1-2-8-6(10)9-5-3-4-7/h1-5H2,(H2,8,9,10). The Bertz CT molecular complexity index is 97.7. The predicted octanol–water partition coefficient (Wildman–Crippen LogP) is 0.749. The minimum absolute atomic E-state index is 0.180. The average molecular weight is 164 g/mol. The van der Waals surface area contributed by atoms with Gasteiger partial charge in [-0.2, -0.15) is 0 Å². The second-order valence-electron chi connectivity index (χ2n) is 1.73. The Kier molecular flexibility index (Phi) is 6.38. The fraction of sp³-hybridized carbons (Fsp3) is 0.667. The number of carbonyl (C=O) groups is 1. The molecule has 0 aliphatic heterocycles. The first kappa shape index (κ1) is 9.56. The molecule has 0 aliphatic carbocycles. The molecule has 1 radical (unpaired) electrons. The van der Waals surface area contributed by atoms with Crippen LogP contribution >= 0.6 is 11.6 Å². The van der Waals surface area contributed by atoms with Gasteiger partial charge in [0.1, 0.15) is 0 Å². The van der Waals surface area contributed by atoms with E-state index in [4.69, 9.17) is 11.6 Å². The lowest BCUT2D eigenvalue weighted by atomic mass is 10.5. The lowest BCUT2D eigenvalue weighted by Crippen LogP contribution is -2.35. The van der Waals surface area contributed by atoms with Gasteiger partial charge in [-0.15, -0.1) is 11.6 Å². The van der Waals surface area contributed by atoms with Crippen LogP contribution in [-0.2, 0) is 0 Å². The minimum atomic E-state index is -0.180. The van der Waals surface area contributed by atoms with E-state index in [2.05, 4.69) is 17.6 Å². The molecule has 0 heterocycles. The van der Waals surface area contributed by atoms with E-state index in [1.165, 1.54) is 0 Å². The summed E-state index contributed by atoms with van der Waals surface area (Å²) in [7, 11) is 0. The number of hydrogen-bond donors (Lipinski definition) is 2. The molecule has 0 unspecified atom stereocenters. The molecule has 0 fully saturated rings. The second kappa shape index (κ2) is 6.68. The van der Waals surface area contributed by atoms with E-state index in [1.807, 2.05) is 0 Å². The van der Waals surface area contributed by atoms with Crippen molar-refractivity contribution >= 4 is 17.6 Å². The summed E-state index contributed by atoms with van der Waals surface area (Å²) in [6, 6.07) is -0.180. The summed E-state index contributed by atoms with van der Waals surface area (Å²) in [4.78, 5) is 10.6. The highest BCUT2D eigenvalue weighted by Crippen LogP contribution is 1.80. The van der Waals surface area contributed by atoms with Gasteiger partial charge in [0, 0.05) is 19.0 Å². The molecule has 0 bridgehead atoms. The highest BCUT2D eigenvalue weighted by atomic mass is 35.5. The Labute approximate surface area is 66.1 Å². The van der Waals surface area contributed by atoms with Crippen LogP contribution in [0.2, 0.25) is 0 Å². The van der Waals surface area contributed by atoms with E-state index in [-0.39, 0.29) is 6.03 Å². The van der Waals surface area contributed by atoms with Crippen molar-refractivity contribution < 1.29 is 4.79 Å². The lowest BCUT2D eigenvalue weighted by Gasteiger charge is -2.02. The van der Waals surface area contributed by atoms with Crippen LogP contribution in [-0.4, -0.2) is 25.0 Å². The molecule has 0 saturated heterocycles. The summed E-state index contributed by atoms with van der Waals surface area (Å²) in [6.07, 6.45) is 0.798. The largest absolute Gasteiger partial charge is 0.338 e. The first-order valence-corrected chi connectivity index (χ1v) is 3.71. The van der Waals surface area contributed by atoms with Gasteiger partial charge in [0.15, 0.2) is 0 Å². The summed E-state index contributed by atoms with van der Waals surface area (Å²) in [5.41, 5.74) is 0. The molecule has 59 valence electrons. The zero-order chi connectivity index (χ0) is 7.82. The Morgan fingerprint density at radius 2 is 2.20 bits per heavy atom. The number of amides is 2. The van der Waals surface area contributed by atoms with Gasteiger partial charge in [-0.1, -0.05) is 0 Å². The molecule has 4 heteroatoms. The third-order valence-electron chi connectivity index (χ3n) is 0.882. The van der Waals surface area contributed by atoms with Crippen molar-refractivity contribution in [2.24, 2.45) is 0 Å². The van der Waals surface area contributed by atoms with Gasteiger partial charge in [0.2, 0.25) is 0 Å². The van der Waals surface area contributed by atoms with Crippen LogP contribution in [0.3, 0.4) is 0 Å². The van der Waals surface area contributed by atoms with Crippen molar-refractivity contribution in [3.63, 3.8) is 0 Å². The zero-order valence-electron chi connectivity index (χ0n) is 5.82. The zero-order valence-corrected chi connectivity index (χ0v) is 6.58. The lowest BCUT2D eigenvalue weighted by molar-refractivity contribution is 0.242. The quantitative estimate of drug-likeness (QED) is 0.466. The molecule has 10 heavy (non-hydrogen) atoms. The smallest absolute Gasteiger partial charge is 0.314 e. The Morgan fingerprint density at radius 3 is 2.70 bits per heavy atom. The molecule has 0 aromatic rings. The molecule has 0 saturated carbocycles. The number of carbonyl (C=O) groups excluding carboxylic acids is 1. The predicted molar refractivity (Wildman–Crippen MR) is 42.1 cm³/mol. The molecule has 0 aromatic heterocycles. The molecular formula is C6H12ClN2O. The van der Waals surface area contributed by atoms with Crippen LogP contribution in [0.1, 0.15) is 6.42 Å². The van der Waals surface area contributed by atoms with Crippen molar-refractivity contribution in [3.05, 3.63) is 6.92 Å². The van der Waals surface area contributed by atoms with Gasteiger partial charge in [-0.25, -0.2) is 4.79 Å². The highest BCUT2D eigenvalue weighted by Gasteiger charge is 1.93. The third kappa shape index (κ3) is 5.69. The minimum Gasteiger partial charge on any atom is -0.338 e. The number of alkyl halides is 1. The SMILES string of the molecule is [CH2]CNC(=O)NCCCCl. The maximum Gasteiger partial charge on any atom is 0.314 e. The van der Waals surface area contributed by atoms with Crippen LogP contribution in [0.4, 0.5) is 4.79 Å². The van der Waals surface area contributed by atoms with Crippen LogP contribution in [0.5, 0.6) is 0 Å². The van der Waals surface area contributed by atoms with E-state index < -0.39 is 0 Å². The molecule has 2 amide bonds. The number of hydrogen-bond acceptors (Lipinski definition) is 1. The van der Waals surface area contributed by atoms with E-state index in [0.29, 0.717) is 19.0 Å². The molecule has 0 aliphatic rings. The summed E-state index contributed by atoms with van der Waals surface area (Å²) in [5, 5.41) is 5.11. The molecule has 0 aromatic carbocycles. The fourth-order valence-electron chi connectivity index (χ4n) is 0.445. The summed E-state index contributed by atoms with van der Waals surface area (Å²) in [6.45, 7) is 4.49. The first-order chi connectivity index (χ1) is 4.81. The molecule has 2 N–H and O–H groups in total. The Morgan fingerprint density at radius 1 is 1.50 bits per heavy atom. The van der Waals surface area contributed by atoms with Gasteiger partial charge in [0.25, 0.3) is 0 Å². The average Bonchev–Trinajstić information content (AvgIpc) is 1.89. The Balaban J connectivity index is 3.05. The van der Waals surface area contributed by atoms with Crippen molar-refractivity contribution in [1.82, 2.24) is 10.6 Å². The maximum absolute atomic E-state index is 10.6. The number of rotatable bonds is 4. The Hall–Kier alpha value is -0.440. The summed E-state index contributed by atoms with van der Waals surface area (Å²) < 4.78 is 0. The van der Waals surface area contributed by atoms with Gasteiger partial charge in [0.05, 0.1) is 0 Å². The van der Waals surface area contributed by atoms with Crippen molar-refractivity contribution in [3.8, 4) is 0 Å². The number of urea groups is 1. The van der Waals surface area contributed by atoms with Crippen LogP contribution in [0.25, 0.3) is 0 Å². The van der Waals surface area contributed by atoms with E-state index in [1.54, 1.807) is 0 Å². The maximum atomic E-state index is 10.6. The van der Waals surface area contributed by atoms with Gasteiger partial charge in [-0.3, -0.25) is 0 Å². The van der Waals surface area contributed by atoms with Gasteiger partial charge >= 0.3 is 6.03 Å². The van der Waals surface area contributed by atoms with Crippen LogP contribution in [0.15, 0.2) is 0 Å². The fourth-order valence-corrected chi connectivity index (χ4v) is 0.578. The summed E-state index contributed by atoms with van der Waals surface area (Å²) in [5.74, 6) is 0.574. The normalized spacial score (nSPS) is 9.00. The van der Waals surface area contributed by atoms with E-state index >= 15 is 0 Å². The first-order valence-electron chi connectivity index (χ1n) is 3.18. The van der Waals surface area contributed by atoms with Gasteiger partial charge in [-0.05, 0) is 13.3 Å². The van der Waals surface area contributed by atoms with E-state index in [0.717, 1.165) is 6.42 Å². The van der Waals surface area contributed by atoms with Crippen LogP contribution in [0, 0.1) is 6.92 Å². The van der Waals surface area contributed by atoms with Gasteiger partial charge < -0.3 is 10.6 Å². The van der Waals surface area contributed by atoms with Crippen molar-refractivity contribution in [2.45, 2.75) is 6.42 Å². The van der Waals surface area contributed by atoms with E-state index in [9.17, 15) is 4.79 Å². The third-order valence-corrected chi connectivity index (χ3v) is 1.15. The monoisotopic (exact) mass is 163 g/mol. The molecule has 0 rings (SSSR count).